The van der Waals surface area contributed by atoms with E-state index in [1.165, 1.54) is 37.2 Å². The van der Waals surface area contributed by atoms with E-state index in [-0.39, 0.29) is 35.5 Å². The van der Waals surface area contributed by atoms with Crippen LogP contribution in [0.5, 0.6) is 5.75 Å². The van der Waals surface area contributed by atoms with Crippen molar-refractivity contribution in [3.05, 3.63) is 48.0 Å². The number of carbonyl (C=O) groups excluding carboxylic acids is 2. The van der Waals surface area contributed by atoms with Gasteiger partial charge in [-0.25, -0.2) is 13.4 Å². The second-order valence-corrected chi connectivity index (χ2v) is 8.73. The minimum atomic E-state index is -3.48. The Bertz CT molecular complexity index is 1130. The Kier molecular flexibility index (Phi) is 6.44. The first-order chi connectivity index (χ1) is 14.7. The minimum absolute atomic E-state index is 0.0325. The number of carbonyl (C=O) groups is 2. The minimum Gasteiger partial charge on any atom is -0.494 e. The summed E-state index contributed by atoms with van der Waals surface area (Å²) in [4.78, 5) is 28.9. The van der Waals surface area contributed by atoms with Crippen molar-refractivity contribution < 1.29 is 22.7 Å². The van der Waals surface area contributed by atoms with Crippen LogP contribution < -0.4 is 25.2 Å². The molecule has 2 aromatic rings. The summed E-state index contributed by atoms with van der Waals surface area (Å²) in [6, 6.07) is 11.7. The Labute approximate surface area is 180 Å². The summed E-state index contributed by atoms with van der Waals surface area (Å²) in [6.45, 7) is 3.28. The Morgan fingerprint density at radius 1 is 1.23 bits per heavy atom. The van der Waals surface area contributed by atoms with E-state index in [4.69, 9.17) is 4.74 Å². The Hall–Kier alpha value is -3.60. The molecule has 0 aliphatic carbocycles. The average molecular weight is 446 g/mol. The Morgan fingerprint density at radius 2 is 1.94 bits per heavy atom. The van der Waals surface area contributed by atoms with Gasteiger partial charge in [0.2, 0.25) is 15.9 Å². The highest BCUT2D eigenvalue weighted by Crippen LogP contribution is 2.29. The van der Waals surface area contributed by atoms with Crippen LogP contribution in [0, 0.1) is 6.92 Å². The van der Waals surface area contributed by atoms with E-state index in [1.54, 1.807) is 12.1 Å². The third-order valence-electron chi connectivity index (χ3n) is 4.45. The van der Waals surface area contributed by atoms with Gasteiger partial charge in [0.05, 0.1) is 24.2 Å². The molecule has 31 heavy (non-hydrogen) atoms. The quantitative estimate of drug-likeness (QED) is 0.594. The second-order valence-electron chi connectivity index (χ2n) is 6.72. The number of benzene rings is 2. The van der Waals surface area contributed by atoms with E-state index in [2.05, 4.69) is 20.5 Å². The molecule has 11 heteroatoms. The van der Waals surface area contributed by atoms with Crippen molar-refractivity contribution in [2.45, 2.75) is 13.8 Å². The first-order valence-electron chi connectivity index (χ1n) is 9.43. The third kappa shape index (κ3) is 5.31. The molecule has 2 aromatic carbocycles. The van der Waals surface area contributed by atoms with Crippen LogP contribution in [-0.4, -0.2) is 45.5 Å². The molecule has 0 saturated heterocycles. The summed E-state index contributed by atoms with van der Waals surface area (Å²) in [5, 5.41) is 3.93. The van der Waals surface area contributed by atoms with Crippen LogP contribution in [0.3, 0.4) is 0 Å². The van der Waals surface area contributed by atoms with Crippen molar-refractivity contribution >= 4 is 44.7 Å². The molecule has 3 N–H and O–H groups in total. The number of methoxy groups -OCH3 is 1. The third-order valence-corrected chi connectivity index (χ3v) is 5.74. The number of aryl methyl sites for hydroxylation is 1. The lowest BCUT2D eigenvalue weighted by atomic mass is 10.2. The molecular weight excluding hydrogens is 422 g/mol. The molecule has 0 saturated carbocycles. The number of amidine groups is 1. The van der Waals surface area contributed by atoms with E-state index in [9.17, 15) is 18.0 Å². The van der Waals surface area contributed by atoms with E-state index in [1.807, 2.05) is 19.1 Å². The second kappa shape index (κ2) is 9.04. The van der Waals surface area contributed by atoms with Crippen LogP contribution in [0.2, 0.25) is 0 Å². The van der Waals surface area contributed by atoms with E-state index in [0.717, 1.165) is 5.56 Å². The van der Waals surface area contributed by atoms with Gasteiger partial charge in [0, 0.05) is 11.8 Å². The fourth-order valence-electron chi connectivity index (χ4n) is 2.73. The first-order valence-corrected chi connectivity index (χ1v) is 11.1. The van der Waals surface area contributed by atoms with Crippen LogP contribution in [-0.2, 0) is 19.6 Å². The standard InChI is InChI=1S/C20H23N5O5S/c1-4-31(28,29)24-16-10-7-14(11-17(16)30-3)22-20(27)19-21-12-18(26)25(23-19)15-8-5-13(2)6-9-15/h5-11,24H,4,12H2,1-3H3,(H,21,23)(H,22,27). The van der Waals surface area contributed by atoms with Crippen LogP contribution >= 0.6 is 0 Å². The van der Waals surface area contributed by atoms with Crippen LogP contribution in [0.15, 0.2) is 47.5 Å². The predicted octanol–water partition coefficient (Wildman–Crippen LogP) is 1.65. The van der Waals surface area contributed by atoms with Gasteiger partial charge in [0.1, 0.15) is 12.3 Å². The monoisotopic (exact) mass is 445 g/mol. The highest BCUT2D eigenvalue weighted by atomic mass is 32.2. The molecule has 1 aliphatic heterocycles. The lowest BCUT2D eigenvalue weighted by Gasteiger charge is -2.27. The molecule has 164 valence electrons. The maximum atomic E-state index is 12.7. The number of nitrogens with zero attached hydrogens (tertiary/aromatic N) is 2. The number of ether oxygens (including phenoxy) is 1. The van der Waals surface area contributed by atoms with E-state index >= 15 is 0 Å². The Morgan fingerprint density at radius 3 is 2.58 bits per heavy atom. The summed E-state index contributed by atoms with van der Waals surface area (Å²) in [6.07, 6.45) is 0. The molecular formula is C20H23N5O5S. The van der Waals surface area contributed by atoms with Gasteiger partial charge in [-0.2, -0.15) is 0 Å². The van der Waals surface area contributed by atoms with Crippen LogP contribution in [0.1, 0.15) is 12.5 Å². The SMILES string of the molecule is CCS(=O)(=O)Nc1ccc(NC(=O)C2=NCC(=O)N(c3ccc(C)cc3)N2)cc1OC. The topological polar surface area (TPSA) is 129 Å². The molecule has 0 atom stereocenters. The number of anilines is 3. The number of hydrogen-bond donors (Lipinski definition) is 3. The normalized spacial score (nSPS) is 13.8. The van der Waals surface area contributed by atoms with Gasteiger partial charge < -0.3 is 10.1 Å². The number of sulfonamides is 1. The molecule has 2 amide bonds. The molecule has 10 nitrogen and oxygen atoms in total. The van der Waals surface area contributed by atoms with Gasteiger partial charge in [-0.1, -0.05) is 17.7 Å². The van der Waals surface area contributed by atoms with E-state index in [0.29, 0.717) is 11.4 Å². The maximum absolute atomic E-state index is 12.7. The smallest absolute Gasteiger partial charge is 0.292 e. The number of amides is 2. The maximum Gasteiger partial charge on any atom is 0.292 e. The molecule has 0 spiro atoms. The van der Waals surface area contributed by atoms with Gasteiger partial charge >= 0.3 is 0 Å². The van der Waals surface area contributed by atoms with Crippen LogP contribution in [0.4, 0.5) is 17.1 Å². The lowest BCUT2D eigenvalue weighted by molar-refractivity contribution is -0.118. The lowest BCUT2D eigenvalue weighted by Crippen LogP contribution is -2.54. The number of nitrogens with one attached hydrogen (secondary N) is 3. The number of hydrazine groups is 1. The highest BCUT2D eigenvalue weighted by molar-refractivity contribution is 7.92. The molecule has 1 heterocycles. The molecule has 0 fully saturated rings. The largest absolute Gasteiger partial charge is 0.494 e. The summed E-state index contributed by atoms with van der Waals surface area (Å²) in [7, 11) is -2.09. The summed E-state index contributed by atoms with van der Waals surface area (Å²) in [5.41, 5.74) is 4.99. The number of hydrogen-bond acceptors (Lipinski definition) is 7. The zero-order chi connectivity index (χ0) is 22.6. The van der Waals surface area contributed by atoms with Crippen molar-refractivity contribution in [2.75, 3.05) is 34.5 Å². The fraction of sp³-hybridized carbons (Fsp3) is 0.250. The zero-order valence-corrected chi connectivity index (χ0v) is 18.1. The van der Waals surface area contributed by atoms with Crippen LogP contribution in [0.25, 0.3) is 0 Å². The summed E-state index contributed by atoms with van der Waals surface area (Å²) in [5.74, 6) is -0.737. The van der Waals surface area contributed by atoms with Gasteiger partial charge in [-0.3, -0.25) is 24.7 Å². The Balaban J connectivity index is 1.75. The fourth-order valence-corrected chi connectivity index (χ4v) is 3.38. The van der Waals surface area contributed by atoms with Gasteiger partial charge in [0.25, 0.3) is 11.8 Å². The molecule has 0 aromatic heterocycles. The highest BCUT2D eigenvalue weighted by Gasteiger charge is 2.25. The van der Waals surface area contributed by atoms with Gasteiger partial charge in [-0.15, -0.1) is 0 Å². The number of aliphatic imine (C=N–C) groups is 1. The molecule has 0 unspecified atom stereocenters. The molecule has 0 radical (unpaired) electrons. The first kappa shape index (κ1) is 22.1. The van der Waals surface area contributed by atoms with Crippen molar-refractivity contribution in [1.29, 1.82) is 0 Å². The molecule has 3 rings (SSSR count). The molecule has 1 aliphatic rings. The summed E-state index contributed by atoms with van der Waals surface area (Å²) >= 11 is 0. The molecule has 0 bridgehead atoms. The predicted molar refractivity (Wildman–Crippen MR) is 119 cm³/mol. The van der Waals surface area contributed by atoms with Crippen molar-refractivity contribution in [3.8, 4) is 5.75 Å². The summed E-state index contributed by atoms with van der Waals surface area (Å²) < 4.78 is 31.3. The van der Waals surface area contributed by atoms with Crippen molar-refractivity contribution in [1.82, 2.24) is 5.43 Å². The zero-order valence-electron chi connectivity index (χ0n) is 17.3. The van der Waals surface area contributed by atoms with Crippen molar-refractivity contribution in [2.24, 2.45) is 4.99 Å². The number of rotatable bonds is 7. The average Bonchev–Trinajstić information content (AvgIpc) is 2.75. The van der Waals surface area contributed by atoms with E-state index < -0.39 is 15.9 Å². The van der Waals surface area contributed by atoms with Gasteiger partial charge in [-0.05, 0) is 38.1 Å². The van der Waals surface area contributed by atoms with Crippen molar-refractivity contribution in [3.63, 3.8) is 0 Å². The van der Waals surface area contributed by atoms with Gasteiger partial charge in [0.15, 0.2) is 0 Å².